The fourth-order valence-electron chi connectivity index (χ4n) is 5.49. The minimum Gasteiger partial charge on any atom is -0.337 e. The van der Waals surface area contributed by atoms with Crippen molar-refractivity contribution in [2.24, 2.45) is 9.98 Å². The Labute approximate surface area is 238 Å². The third kappa shape index (κ3) is 4.00. The summed E-state index contributed by atoms with van der Waals surface area (Å²) in [5.41, 5.74) is 9.22. The van der Waals surface area contributed by atoms with Gasteiger partial charge in [-0.2, -0.15) is 5.10 Å². The average molecular weight is 543 g/mol. The Morgan fingerprint density at radius 1 is 0.775 bits per heavy atom. The Hall–Kier alpha value is -4.68. The molecule has 40 heavy (non-hydrogen) atoms. The fourth-order valence-corrected chi connectivity index (χ4v) is 5.69. The molecule has 0 unspecified atom stereocenters. The highest BCUT2D eigenvalue weighted by molar-refractivity contribution is 6.51. The molecule has 0 amide bonds. The van der Waals surface area contributed by atoms with Crippen molar-refractivity contribution in [1.29, 1.82) is 0 Å². The van der Waals surface area contributed by atoms with Gasteiger partial charge in [-0.05, 0) is 86.0 Å². The van der Waals surface area contributed by atoms with Crippen LogP contribution in [0.1, 0.15) is 34.0 Å². The van der Waals surface area contributed by atoms with E-state index < -0.39 is 0 Å². The number of aryl methyl sites for hydroxylation is 3. The van der Waals surface area contributed by atoms with Crippen molar-refractivity contribution in [2.45, 2.75) is 26.8 Å². The predicted molar refractivity (Wildman–Crippen MR) is 164 cm³/mol. The van der Waals surface area contributed by atoms with E-state index in [1.54, 1.807) is 0 Å². The molecule has 1 atom stereocenters. The van der Waals surface area contributed by atoms with Crippen molar-refractivity contribution < 1.29 is 0 Å². The van der Waals surface area contributed by atoms with Gasteiger partial charge >= 0.3 is 0 Å². The molecular weight excluding hydrogens is 516 g/mol. The molecule has 0 radical (unpaired) electrons. The van der Waals surface area contributed by atoms with Gasteiger partial charge in [-0.25, -0.2) is 14.7 Å². The highest BCUT2D eigenvalue weighted by Crippen LogP contribution is 2.48. The first kappa shape index (κ1) is 24.4. The largest absolute Gasteiger partial charge is 0.337 e. The fraction of sp³-hybridized carbons (Fsp3) is 0.121. The number of aliphatic imine (C=N–C) groups is 2. The lowest BCUT2D eigenvalue weighted by Crippen LogP contribution is -2.46. The number of hydrogen-bond donors (Lipinski definition) is 1. The molecule has 2 aliphatic heterocycles. The van der Waals surface area contributed by atoms with Crippen molar-refractivity contribution in [3.63, 3.8) is 0 Å². The minimum atomic E-state index is -0.216. The quantitative estimate of drug-likeness (QED) is 0.250. The molecule has 3 heterocycles. The smallest absolute Gasteiger partial charge is 0.179 e. The van der Waals surface area contributed by atoms with Crippen LogP contribution in [0.4, 0.5) is 22.9 Å². The van der Waals surface area contributed by atoms with Crippen LogP contribution < -0.4 is 10.2 Å². The van der Waals surface area contributed by atoms with E-state index in [1.807, 2.05) is 71.4 Å². The van der Waals surface area contributed by atoms with Crippen molar-refractivity contribution in [3.05, 3.63) is 130 Å². The van der Waals surface area contributed by atoms with Crippen LogP contribution >= 0.6 is 11.6 Å². The van der Waals surface area contributed by atoms with Crippen molar-refractivity contribution in [3.8, 4) is 5.69 Å². The van der Waals surface area contributed by atoms with Crippen molar-refractivity contribution >= 4 is 46.2 Å². The third-order valence-electron chi connectivity index (χ3n) is 7.57. The summed E-state index contributed by atoms with van der Waals surface area (Å²) in [6, 6.07) is 32.5. The van der Waals surface area contributed by atoms with Gasteiger partial charge in [-0.1, -0.05) is 60.1 Å². The predicted octanol–water partition coefficient (Wildman–Crippen LogP) is 8.25. The van der Waals surface area contributed by atoms with E-state index in [-0.39, 0.29) is 6.04 Å². The number of rotatable bonds is 3. The zero-order valence-corrected chi connectivity index (χ0v) is 23.2. The average Bonchev–Trinajstić information content (AvgIpc) is 3.30. The van der Waals surface area contributed by atoms with Gasteiger partial charge in [-0.3, -0.25) is 0 Å². The van der Waals surface area contributed by atoms with Gasteiger partial charge in [0.1, 0.15) is 0 Å². The second-order valence-corrected chi connectivity index (χ2v) is 10.6. The standard InChI is InChI=1S/C33H27ClN6/c1-20-16-17-25(18-21(20)2)35-31-33-37-32-29(22(3)38-40(32)26-12-5-4-6-13-26)30(23-10-9-11-24(34)19-23)39(33)28-15-8-7-14-27(28)36-31/h4-19,30H,1-3H3,(H,35,36)/t30-/m1/s1. The summed E-state index contributed by atoms with van der Waals surface area (Å²) in [4.78, 5) is 12.6. The molecule has 0 saturated carbocycles. The van der Waals surface area contributed by atoms with E-state index in [9.17, 15) is 0 Å². The number of para-hydroxylation sites is 3. The first-order valence-corrected chi connectivity index (χ1v) is 13.7. The topological polar surface area (TPSA) is 57.8 Å². The lowest BCUT2D eigenvalue weighted by atomic mass is 9.93. The van der Waals surface area contributed by atoms with Crippen LogP contribution in [0.2, 0.25) is 5.02 Å². The summed E-state index contributed by atoms with van der Waals surface area (Å²) < 4.78 is 1.93. The summed E-state index contributed by atoms with van der Waals surface area (Å²) in [5, 5.41) is 9.27. The monoisotopic (exact) mass is 542 g/mol. The number of nitrogens with one attached hydrogen (secondary N) is 1. The Morgan fingerprint density at radius 2 is 1.57 bits per heavy atom. The van der Waals surface area contributed by atoms with E-state index in [4.69, 9.17) is 26.7 Å². The van der Waals surface area contributed by atoms with Gasteiger partial charge < -0.3 is 10.2 Å². The lowest BCUT2D eigenvalue weighted by Gasteiger charge is -2.40. The van der Waals surface area contributed by atoms with Crippen LogP contribution in [0.5, 0.6) is 0 Å². The molecule has 1 aromatic heterocycles. The molecule has 5 aromatic rings. The summed E-state index contributed by atoms with van der Waals surface area (Å²) in [6.07, 6.45) is 0. The van der Waals surface area contributed by atoms with E-state index in [2.05, 4.69) is 61.3 Å². The number of benzene rings is 4. The van der Waals surface area contributed by atoms with E-state index in [0.29, 0.717) is 10.9 Å². The van der Waals surface area contributed by atoms with Crippen LogP contribution in [0, 0.1) is 20.8 Å². The van der Waals surface area contributed by atoms with Crippen molar-refractivity contribution in [2.75, 3.05) is 10.2 Å². The lowest BCUT2D eigenvalue weighted by molar-refractivity contribution is 0.815. The highest BCUT2D eigenvalue weighted by atomic mass is 35.5. The summed E-state index contributed by atoms with van der Waals surface area (Å²) >= 11 is 6.57. The van der Waals surface area contributed by atoms with Crippen molar-refractivity contribution in [1.82, 2.24) is 9.78 Å². The van der Waals surface area contributed by atoms with Gasteiger partial charge in [0.25, 0.3) is 0 Å². The number of anilines is 2. The second kappa shape index (κ2) is 9.50. The molecule has 2 aliphatic rings. The molecule has 0 aliphatic carbocycles. The summed E-state index contributed by atoms with van der Waals surface area (Å²) in [5.74, 6) is 2.19. The van der Waals surface area contributed by atoms with Gasteiger partial charge in [-0.15, -0.1) is 0 Å². The number of nitrogens with zero attached hydrogens (tertiary/aromatic N) is 5. The van der Waals surface area contributed by atoms with Gasteiger partial charge in [0.2, 0.25) is 0 Å². The van der Waals surface area contributed by atoms with Crippen LogP contribution in [0.15, 0.2) is 107 Å². The molecule has 0 fully saturated rings. The normalized spacial score (nSPS) is 15.5. The van der Waals surface area contributed by atoms with Crippen LogP contribution in [-0.2, 0) is 0 Å². The number of hydrogen-bond acceptors (Lipinski definition) is 5. The molecule has 0 saturated heterocycles. The van der Waals surface area contributed by atoms with E-state index in [1.165, 1.54) is 11.1 Å². The number of aromatic nitrogens is 2. The molecule has 0 bridgehead atoms. The zero-order valence-electron chi connectivity index (χ0n) is 22.4. The van der Waals surface area contributed by atoms with Crippen LogP contribution in [0.3, 0.4) is 0 Å². The molecule has 0 spiro atoms. The molecule has 7 rings (SSSR count). The number of amidine groups is 2. The van der Waals surface area contributed by atoms with Crippen LogP contribution in [-0.4, -0.2) is 21.5 Å². The Balaban J connectivity index is 1.50. The maximum atomic E-state index is 6.57. The van der Waals surface area contributed by atoms with Gasteiger partial charge in [0.15, 0.2) is 17.5 Å². The molecule has 4 aromatic carbocycles. The second-order valence-electron chi connectivity index (χ2n) is 10.2. The third-order valence-corrected chi connectivity index (χ3v) is 7.81. The Kier molecular flexibility index (Phi) is 5.79. The Bertz CT molecular complexity index is 1840. The summed E-state index contributed by atoms with van der Waals surface area (Å²) in [6.45, 7) is 6.28. The number of halogens is 1. The van der Waals surface area contributed by atoms with E-state index >= 15 is 0 Å². The maximum Gasteiger partial charge on any atom is 0.179 e. The molecule has 7 heteroatoms. The molecule has 196 valence electrons. The van der Waals surface area contributed by atoms with E-state index in [0.717, 1.165) is 51.2 Å². The SMILES string of the molecule is Cc1ccc(NC2=Nc3ccccc3N3C2=Nc2c(c(C)nn2-c2ccccc2)[C@H]3c2cccc(Cl)c2)cc1C. The zero-order chi connectivity index (χ0) is 27.4. The van der Waals surface area contributed by atoms with Gasteiger partial charge in [0, 0.05) is 16.3 Å². The van der Waals surface area contributed by atoms with Gasteiger partial charge in [0.05, 0.1) is 28.8 Å². The highest BCUT2D eigenvalue weighted by Gasteiger charge is 2.41. The molecular formula is C33H27ClN6. The maximum absolute atomic E-state index is 6.57. The summed E-state index contributed by atoms with van der Waals surface area (Å²) in [7, 11) is 0. The molecule has 1 N–H and O–H groups in total. The first-order chi connectivity index (χ1) is 19.5. The minimum absolute atomic E-state index is 0.216. The van der Waals surface area contributed by atoms with Crippen LogP contribution in [0.25, 0.3) is 5.69 Å². The first-order valence-electron chi connectivity index (χ1n) is 13.3. The molecule has 6 nitrogen and oxygen atoms in total. The Morgan fingerprint density at radius 3 is 2.38 bits per heavy atom. The number of fused-ring (bicyclic) bond motifs is 4.